The second kappa shape index (κ2) is 8.68. The average Bonchev–Trinajstić information content (AvgIpc) is 2.73. The first-order valence-corrected chi connectivity index (χ1v) is 9.43. The molecule has 1 aliphatic heterocycles. The van der Waals surface area contributed by atoms with Crippen molar-refractivity contribution in [3.8, 4) is 17.0 Å². The summed E-state index contributed by atoms with van der Waals surface area (Å²) >= 11 is 0. The summed E-state index contributed by atoms with van der Waals surface area (Å²) in [5.41, 5.74) is 10.1. The van der Waals surface area contributed by atoms with Gasteiger partial charge >= 0.3 is 18.3 Å². The SMILES string of the molecule is CCOc1cccc(C(F)(F)F)c1-c1ccc2c(n1)N(OC(=O)C(F)(F)F)C(N)N(C)C2N. The number of hydroxylamine groups is 1. The van der Waals surface area contributed by atoms with Gasteiger partial charge in [-0.2, -0.15) is 31.4 Å². The largest absolute Gasteiger partial charge is 0.493 e. The molecule has 1 aromatic heterocycles. The van der Waals surface area contributed by atoms with Gasteiger partial charge in [-0.25, -0.2) is 9.78 Å². The number of nitrogens with zero attached hydrogens (tertiary/aromatic N) is 3. The molecule has 0 radical (unpaired) electrons. The van der Waals surface area contributed by atoms with Gasteiger partial charge in [0.2, 0.25) is 0 Å². The van der Waals surface area contributed by atoms with Crippen molar-refractivity contribution in [1.29, 1.82) is 0 Å². The standard InChI is InChI=1S/C19H19F6N5O3/c1-3-32-12-6-4-5-10(18(20,21)22)13(12)11-8-7-9-14(26)29(2)17(27)30(15(9)28-11)33-16(31)19(23,24)25/h4-8,14,17H,3,26-27H2,1-2H3. The molecule has 0 amide bonds. The molecule has 0 bridgehead atoms. The van der Waals surface area contributed by atoms with Crippen LogP contribution in [0.5, 0.6) is 5.75 Å². The second-order valence-electron chi connectivity index (χ2n) is 6.95. The van der Waals surface area contributed by atoms with Crippen LogP contribution in [0, 0.1) is 0 Å². The van der Waals surface area contributed by atoms with E-state index in [9.17, 15) is 31.1 Å². The molecule has 0 saturated heterocycles. The smallest absolute Gasteiger partial charge is 0.493 e. The first-order chi connectivity index (χ1) is 15.3. The highest BCUT2D eigenvalue weighted by molar-refractivity contribution is 5.78. The highest BCUT2D eigenvalue weighted by Gasteiger charge is 2.46. The molecule has 4 N–H and O–H groups in total. The summed E-state index contributed by atoms with van der Waals surface area (Å²) in [5.74, 6) is -3.19. The van der Waals surface area contributed by atoms with Crippen molar-refractivity contribution in [2.45, 2.75) is 31.7 Å². The van der Waals surface area contributed by atoms with Crippen LogP contribution in [-0.2, 0) is 15.8 Å². The Bertz CT molecular complexity index is 1050. The number of carbonyl (C=O) groups excluding carboxylic acids is 1. The number of nitrogens with two attached hydrogens (primary N) is 2. The third kappa shape index (κ3) is 4.67. The summed E-state index contributed by atoms with van der Waals surface area (Å²) in [5, 5.41) is 0.356. The molecule has 0 fully saturated rings. The van der Waals surface area contributed by atoms with Crippen molar-refractivity contribution in [1.82, 2.24) is 9.88 Å². The lowest BCUT2D eigenvalue weighted by molar-refractivity contribution is -0.204. The summed E-state index contributed by atoms with van der Waals surface area (Å²) in [7, 11) is 1.35. The normalized spacial score (nSPS) is 19.3. The van der Waals surface area contributed by atoms with Gasteiger partial charge in [-0.05, 0) is 32.2 Å². The first-order valence-electron chi connectivity index (χ1n) is 9.43. The zero-order chi connectivity index (χ0) is 24.7. The van der Waals surface area contributed by atoms with E-state index >= 15 is 0 Å². The van der Waals surface area contributed by atoms with Crippen molar-refractivity contribution in [2.75, 3.05) is 18.7 Å². The molecule has 33 heavy (non-hydrogen) atoms. The molecule has 1 aromatic carbocycles. The summed E-state index contributed by atoms with van der Waals surface area (Å²) < 4.78 is 84.9. The Labute approximate surface area is 183 Å². The summed E-state index contributed by atoms with van der Waals surface area (Å²) in [4.78, 5) is 21.1. The number of carbonyl (C=O) groups is 1. The van der Waals surface area contributed by atoms with Gasteiger partial charge in [-0.3, -0.25) is 10.6 Å². The number of ether oxygens (including phenoxy) is 1. The number of hydrogen-bond donors (Lipinski definition) is 2. The van der Waals surface area contributed by atoms with E-state index in [0.717, 1.165) is 12.1 Å². The van der Waals surface area contributed by atoms with Crippen LogP contribution in [-0.4, -0.2) is 42.0 Å². The Balaban J connectivity index is 2.21. The van der Waals surface area contributed by atoms with Crippen LogP contribution >= 0.6 is 0 Å². The fourth-order valence-corrected chi connectivity index (χ4v) is 3.23. The number of benzene rings is 1. The summed E-state index contributed by atoms with van der Waals surface area (Å²) in [6, 6.07) is 5.73. The lowest BCUT2D eigenvalue weighted by Crippen LogP contribution is -2.60. The summed E-state index contributed by atoms with van der Waals surface area (Å²) in [6.45, 7) is 1.60. The van der Waals surface area contributed by atoms with Gasteiger partial charge in [0.25, 0.3) is 0 Å². The van der Waals surface area contributed by atoms with E-state index in [4.69, 9.17) is 16.2 Å². The van der Waals surface area contributed by atoms with Gasteiger partial charge < -0.3 is 15.3 Å². The molecular weight excluding hydrogens is 460 g/mol. The minimum absolute atomic E-state index is 0.0368. The van der Waals surface area contributed by atoms with Gasteiger partial charge in [-0.15, -0.1) is 0 Å². The van der Waals surface area contributed by atoms with Crippen LogP contribution in [0.15, 0.2) is 30.3 Å². The minimum atomic E-state index is -5.36. The Hall–Kier alpha value is -3.10. The van der Waals surface area contributed by atoms with Crippen LogP contribution in [0.3, 0.4) is 0 Å². The molecule has 2 aromatic rings. The number of hydrogen-bond acceptors (Lipinski definition) is 8. The molecule has 180 valence electrons. The van der Waals surface area contributed by atoms with Gasteiger partial charge in [0.1, 0.15) is 5.75 Å². The maximum absolute atomic E-state index is 13.7. The van der Waals surface area contributed by atoms with E-state index in [-0.39, 0.29) is 23.6 Å². The monoisotopic (exact) mass is 479 g/mol. The third-order valence-electron chi connectivity index (χ3n) is 4.83. The highest BCUT2D eigenvalue weighted by atomic mass is 19.4. The number of alkyl halides is 6. The molecule has 0 saturated carbocycles. The Morgan fingerprint density at radius 3 is 2.36 bits per heavy atom. The maximum atomic E-state index is 13.7. The lowest BCUT2D eigenvalue weighted by Gasteiger charge is -2.42. The van der Waals surface area contributed by atoms with Gasteiger partial charge in [0.05, 0.1) is 29.6 Å². The molecule has 1 aliphatic rings. The number of anilines is 1. The number of halogens is 6. The Kier molecular flexibility index (Phi) is 6.46. The van der Waals surface area contributed by atoms with Gasteiger partial charge in [0.15, 0.2) is 12.1 Å². The lowest BCUT2D eigenvalue weighted by atomic mass is 10.0. The van der Waals surface area contributed by atoms with Crippen LogP contribution < -0.4 is 21.3 Å². The molecule has 3 rings (SSSR count). The van der Waals surface area contributed by atoms with E-state index < -0.39 is 47.7 Å². The van der Waals surface area contributed by atoms with E-state index in [1.54, 1.807) is 6.92 Å². The van der Waals surface area contributed by atoms with Crippen molar-refractivity contribution >= 4 is 11.8 Å². The number of aromatic nitrogens is 1. The molecule has 14 heteroatoms. The Morgan fingerprint density at radius 1 is 1.12 bits per heavy atom. The zero-order valence-corrected chi connectivity index (χ0v) is 17.2. The first kappa shape index (κ1) is 24.5. The molecule has 0 aliphatic carbocycles. The van der Waals surface area contributed by atoms with Crippen molar-refractivity contribution in [2.24, 2.45) is 11.5 Å². The van der Waals surface area contributed by atoms with E-state index in [2.05, 4.69) is 9.82 Å². The van der Waals surface area contributed by atoms with Crippen molar-refractivity contribution in [3.05, 3.63) is 41.5 Å². The van der Waals surface area contributed by atoms with Crippen molar-refractivity contribution < 1.29 is 40.7 Å². The average molecular weight is 479 g/mol. The second-order valence-corrected chi connectivity index (χ2v) is 6.95. The minimum Gasteiger partial charge on any atom is -0.493 e. The summed E-state index contributed by atoms with van der Waals surface area (Å²) in [6.07, 6.45) is -12.7. The van der Waals surface area contributed by atoms with E-state index in [1.807, 2.05) is 0 Å². The van der Waals surface area contributed by atoms with Crippen LogP contribution in [0.1, 0.15) is 24.2 Å². The topological polar surface area (TPSA) is 107 Å². The molecule has 2 atom stereocenters. The number of fused-ring (bicyclic) bond motifs is 1. The van der Waals surface area contributed by atoms with Crippen LogP contribution in [0.25, 0.3) is 11.3 Å². The predicted octanol–water partition coefficient (Wildman–Crippen LogP) is 3.14. The zero-order valence-electron chi connectivity index (χ0n) is 17.2. The number of rotatable bonds is 4. The molecule has 2 heterocycles. The molecule has 0 spiro atoms. The van der Waals surface area contributed by atoms with Gasteiger partial charge in [0, 0.05) is 5.56 Å². The highest BCUT2D eigenvalue weighted by Crippen LogP contribution is 2.43. The van der Waals surface area contributed by atoms with Crippen molar-refractivity contribution in [3.63, 3.8) is 0 Å². The molecule has 8 nitrogen and oxygen atoms in total. The van der Waals surface area contributed by atoms with E-state index in [0.29, 0.717) is 5.06 Å². The fraction of sp³-hybridized carbons (Fsp3) is 0.368. The molecular formula is C19H19F6N5O3. The predicted molar refractivity (Wildman–Crippen MR) is 103 cm³/mol. The maximum Gasteiger partial charge on any atom is 0.493 e. The Morgan fingerprint density at radius 2 is 1.79 bits per heavy atom. The third-order valence-corrected chi connectivity index (χ3v) is 4.83. The van der Waals surface area contributed by atoms with Crippen LogP contribution in [0.2, 0.25) is 0 Å². The quantitative estimate of drug-likeness (QED) is 0.645. The van der Waals surface area contributed by atoms with E-state index in [1.165, 1.54) is 30.1 Å². The molecule has 2 unspecified atom stereocenters. The van der Waals surface area contributed by atoms with Crippen LogP contribution in [0.4, 0.5) is 32.2 Å². The van der Waals surface area contributed by atoms with Gasteiger partial charge in [-0.1, -0.05) is 12.1 Å². The fourth-order valence-electron chi connectivity index (χ4n) is 3.23. The number of pyridine rings is 1.